The first-order chi connectivity index (χ1) is 7.70. The molecule has 0 saturated heterocycles. The number of benzene rings is 1. The maximum atomic E-state index is 11.3. The van der Waals surface area contributed by atoms with Crippen molar-refractivity contribution in [2.45, 2.75) is 13.3 Å². The molecule has 0 radical (unpaired) electrons. The minimum Gasteiger partial charge on any atom is -0.325 e. The lowest BCUT2D eigenvalue weighted by Crippen LogP contribution is -2.09. The highest BCUT2D eigenvalue weighted by Crippen LogP contribution is 2.23. The van der Waals surface area contributed by atoms with Crippen LogP contribution >= 0.6 is 11.6 Å². The molecule has 0 bridgehead atoms. The van der Waals surface area contributed by atoms with Crippen LogP contribution in [-0.2, 0) is 4.79 Å². The zero-order chi connectivity index (χ0) is 11.5. The largest absolute Gasteiger partial charge is 0.325 e. The Morgan fingerprint density at radius 3 is 2.94 bits per heavy atom. The van der Waals surface area contributed by atoms with E-state index in [0.29, 0.717) is 11.6 Å². The number of fused-ring (bicyclic) bond motifs is 1. The summed E-state index contributed by atoms with van der Waals surface area (Å²) in [5.74, 6) is -0.0116. The number of nitrogens with zero attached hydrogens (tertiary/aromatic N) is 1. The molecule has 0 spiro atoms. The van der Waals surface area contributed by atoms with Crippen LogP contribution in [0.1, 0.15) is 13.3 Å². The maximum absolute atomic E-state index is 11.3. The van der Waals surface area contributed by atoms with Gasteiger partial charge in [-0.25, -0.2) is 4.98 Å². The summed E-state index contributed by atoms with van der Waals surface area (Å²) in [5, 5.41) is 4.18. The van der Waals surface area contributed by atoms with Crippen molar-refractivity contribution in [1.29, 1.82) is 0 Å². The molecule has 0 aliphatic rings. The summed E-state index contributed by atoms with van der Waals surface area (Å²) >= 11 is 5.81. The monoisotopic (exact) mass is 234 g/mol. The third-order valence-corrected chi connectivity index (χ3v) is 2.50. The Morgan fingerprint density at radius 2 is 2.19 bits per heavy atom. The normalized spacial score (nSPS) is 10.4. The predicted octanol–water partition coefficient (Wildman–Crippen LogP) is 3.24. The molecule has 1 aromatic carbocycles. The molecule has 3 nitrogen and oxygen atoms in total. The van der Waals surface area contributed by atoms with Crippen molar-refractivity contribution in [2.75, 3.05) is 5.32 Å². The molecule has 0 saturated carbocycles. The summed E-state index contributed by atoms with van der Waals surface area (Å²) in [6.07, 6.45) is 0.456. The molecular formula is C12H11ClN2O. The van der Waals surface area contributed by atoms with Gasteiger partial charge in [0.25, 0.3) is 0 Å². The maximum Gasteiger partial charge on any atom is 0.224 e. The second kappa shape index (κ2) is 4.49. The molecule has 1 aromatic heterocycles. The van der Waals surface area contributed by atoms with Gasteiger partial charge >= 0.3 is 0 Å². The van der Waals surface area contributed by atoms with Crippen LogP contribution in [0.4, 0.5) is 5.69 Å². The van der Waals surface area contributed by atoms with Crippen LogP contribution in [0.2, 0.25) is 5.15 Å². The van der Waals surface area contributed by atoms with Crippen LogP contribution in [0.3, 0.4) is 0 Å². The SMILES string of the molecule is CCC(=O)Nc1cccc2nc(Cl)ccc12. The molecule has 0 unspecified atom stereocenters. The summed E-state index contributed by atoms with van der Waals surface area (Å²) < 4.78 is 0. The van der Waals surface area contributed by atoms with Crippen LogP contribution in [0.15, 0.2) is 30.3 Å². The number of anilines is 1. The van der Waals surface area contributed by atoms with Gasteiger partial charge in [-0.15, -0.1) is 0 Å². The van der Waals surface area contributed by atoms with E-state index < -0.39 is 0 Å². The Balaban J connectivity index is 2.49. The molecule has 1 heterocycles. The van der Waals surface area contributed by atoms with Gasteiger partial charge in [0, 0.05) is 11.8 Å². The molecule has 2 rings (SSSR count). The number of nitrogens with one attached hydrogen (secondary N) is 1. The highest BCUT2D eigenvalue weighted by Gasteiger charge is 2.04. The Kier molecular flexibility index (Phi) is 3.06. The predicted molar refractivity (Wildman–Crippen MR) is 65.7 cm³/mol. The van der Waals surface area contributed by atoms with Crippen molar-refractivity contribution in [3.63, 3.8) is 0 Å². The second-order valence-electron chi connectivity index (χ2n) is 3.41. The molecule has 2 aromatic rings. The van der Waals surface area contributed by atoms with Gasteiger partial charge < -0.3 is 5.32 Å². The van der Waals surface area contributed by atoms with Crippen molar-refractivity contribution in [3.05, 3.63) is 35.5 Å². The summed E-state index contributed by atoms with van der Waals surface area (Å²) in [5.41, 5.74) is 1.55. The van der Waals surface area contributed by atoms with E-state index in [1.165, 1.54) is 0 Å². The zero-order valence-corrected chi connectivity index (χ0v) is 9.58. The Bertz CT molecular complexity index is 540. The average Bonchev–Trinajstić information content (AvgIpc) is 2.28. The van der Waals surface area contributed by atoms with Crippen LogP contribution in [0, 0.1) is 0 Å². The van der Waals surface area contributed by atoms with Crippen molar-refractivity contribution in [3.8, 4) is 0 Å². The first kappa shape index (κ1) is 10.9. The molecular weight excluding hydrogens is 224 g/mol. The van der Waals surface area contributed by atoms with Crippen molar-refractivity contribution in [2.24, 2.45) is 0 Å². The van der Waals surface area contributed by atoms with Crippen molar-refractivity contribution < 1.29 is 4.79 Å². The second-order valence-corrected chi connectivity index (χ2v) is 3.80. The zero-order valence-electron chi connectivity index (χ0n) is 8.83. The number of hydrogen-bond acceptors (Lipinski definition) is 2. The third kappa shape index (κ3) is 2.14. The fourth-order valence-electron chi connectivity index (χ4n) is 1.48. The minimum absolute atomic E-state index is 0.0116. The van der Waals surface area contributed by atoms with E-state index >= 15 is 0 Å². The van der Waals surface area contributed by atoms with Crippen LogP contribution < -0.4 is 5.32 Å². The van der Waals surface area contributed by atoms with Gasteiger partial charge in [0.2, 0.25) is 5.91 Å². The van der Waals surface area contributed by atoms with E-state index in [1.807, 2.05) is 31.2 Å². The van der Waals surface area contributed by atoms with Crippen LogP contribution in [0.25, 0.3) is 10.9 Å². The number of pyridine rings is 1. The summed E-state index contributed by atoms with van der Waals surface area (Å²) in [6.45, 7) is 1.82. The molecule has 16 heavy (non-hydrogen) atoms. The van der Waals surface area contributed by atoms with E-state index in [-0.39, 0.29) is 5.91 Å². The minimum atomic E-state index is -0.0116. The number of amides is 1. The molecule has 1 amide bonds. The van der Waals surface area contributed by atoms with E-state index in [9.17, 15) is 4.79 Å². The number of rotatable bonds is 2. The fourth-order valence-corrected chi connectivity index (χ4v) is 1.63. The molecule has 0 atom stereocenters. The molecule has 0 fully saturated rings. The highest BCUT2D eigenvalue weighted by atomic mass is 35.5. The average molecular weight is 235 g/mol. The number of carbonyl (C=O) groups excluding carboxylic acids is 1. The standard InChI is InChI=1S/C12H11ClN2O/c1-2-12(16)15-10-5-3-4-9-8(10)6-7-11(13)14-9/h3-7H,2H2,1H3,(H,15,16). The van der Waals surface area contributed by atoms with Gasteiger partial charge in [-0.1, -0.05) is 24.6 Å². The first-order valence-corrected chi connectivity index (χ1v) is 5.43. The van der Waals surface area contributed by atoms with Gasteiger partial charge in [0.15, 0.2) is 0 Å². The molecule has 0 aliphatic heterocycles. The summed E-state index contributed by atoms with van der Waals surface area (Å²) in [4.78, 5) is 15.5. The number of carbonyl (C=O) groups is 1. The first-order valence-electron chi connectivity index (χ1n) is 5.06. The molecule has 0 aliphatic carbocycles. The van der Waals surface area contributed by atoms with Crippen LogP contribution in [0.5, 0.6) is 0 Å². The van der Waals surface area contributed by atoms with E-state index in [1.54, 1.807) is 6.07 Å². The number of halogens is 1. The molecule has 82 valence electrons. The number of aromatic nitrogens is 1. The van der Waals surface area contributed by atoms with Gasteiger partial charge in [0.1, 0.15) is 5.15 Å². The van der Waals surface area contributed by atoms with E-state index in [4.69, 9.17) is 11.6 Å². The topological polar surface area (TPSA) is 42.0 Å². The molecule has 1 N–H and O–H groups in total. The Hall–Kier alpha value is -1.61. The lowest BCUT2D eigenvalue weighted by Gasteiger charge is -2.07. The highest BCUT2D eigenvalue weighted by molar-refractivity contribution is 6.29. The van der Waals surface area contributed by atoms with Gasteiger partial charge in [-0.3, -0.25) is 4.79 Å². The number of hydrogen-bond donors (Lipinski definition) is 1. The van der Waals surface area contributed by atoms with Gasteiger partial charge in [-0.2, -0.15) is 0 Å². The summed E-state index contributed by atoms with van der Waals surface area (Å²) in [6, 6.07) is 9.13. The van der Waals surface area contributed by atoms with Crippen LogP contribution in [-0.4, -0.2) is 10.9 Å². The van der Waals surface area contributed by atoms with Crippen molar-refractivity contribution in [1.82, 2.24) is 4.98 Å². The van der Waals surface area contributed by atoms with E-state index in [2.05, 4.69) is 10.3 Å². The quantitative estimate of drug-likeness (QED) is 0.811. The summed E-state index contributed by atoms with van der Waals surface area (Å²) in [7, 11) is 0. The Morgan fingerprint density at radius 1 is 1.38 bits per heavy atom. The van der Waals surface area contributed by atoms with Gasteiger partial charge in [-0.05, 0) is 24.3 Å². The molecule has 4 heteroatoms. The van der Waals surface area contributed by atoms with Crippen molar-refractivity contribution >= 4 is 34.1 Å². The van der Waals surface area contributed by atoms with Gasteiger partial charge in [0.05, 0.1) is 11.2 Å². The lowest BCUT2D eigenvalue weighted by atomic mass is 10.2. The third-order valence-electron chi connectivity index (χ3n) is 2.29. The lowest BCUT2D eigenvalue weighted by molar-refractivity contribution is -0.115. The van der Waals surface area contributed by atoms with E-state index in [0.717, 1.165) is 16.6 Å². The Labute approximate surface area is 98.4 Å². The smallest absolute Gasteiger partial charge is 0.224 e. The fraction of sp³-hybridized carbons (Fsp3) is 0.167.